The summed E-state index contributed by atoms with van der Waals surface area (Å²) >= 11 is 0. The molecule has 0 aliphatic heterocycles. The van der Waals surface area contributed by atoms with Crippen LogP contribution in [0.4, 0.5) is 0 Å². The molecular formula is C9H17NO. The first-order valence-corrected chi connectivity index (χ1v) is 4.51. The van der Waals surface area contributed by atoms with Crippen molar-refractivity contribution in [3.8, 4) is 0 Å². The monoisotopic (exact) mass is 155 g/mol. The van der Waals surface area contributed by atoms with Crippen LogP contribution in [0.15, 0.2) is 0 Å². The van der Waals surface area contributed by atoms with E-state index in [0.29, 0.717) is 6.04 Å². The Bertz CT molecular complexity index is 144. The highest BCUT2D eigenvalue weighted by molar-refractivity contribution is 5.73. The molecule has 0 radical (unpaired) electrons. The number of carbonyl (C=O) groups is 1. The van der Waals surface area contributed by atoms with Crippen molar-refractivity contribution in [3.05, 3.63) is 0 Å². The Balaban J connectivity index is 2.37. The predicted molar refractivity (Wildman–Crippen MR) is 45.2 cm³/mol. The Hall–Kier alpha value is -0.530. The first kappa shape index (κ1) is 8.57. The van der Waals surface area contributed by atoms with Crippen molar-refractivity contribution in [3.63, 3.8) is 0 Å². The molecule has 11 heavy (non-hydrogen) atoms. The second-order valence-electron chi connectivity index (χ2n) is 3.41. The lowest BCUT2D eigenvalue weighted by Crippen LogP contribution is -2.35. The zero-order valence-electron chi connectivity index (χ0n) is 7.39. The van der Waals surface area contributed by atoms with Crippen LogP contribution >= 0.6 is 0 Å². The van der Waals surface area contributed by atoms with Crippen molar-refractivity contribution < 1.29 is 4.79 Å². The van der Waals surface area contributed by atoms with E-state index >= 15 is 0 Å². The van der Waals surface area contributed by atoms with Gasteiger partial charge in [0.1, 0.15) is 0 Å². The summed E-state index contributed by atoms with van der Waals surface area (Å²) in [6.45, 7) is 3.80. The van der Waals surface area contributed by atoms with E-state index in [-0.39, 0.29) is 5.91 Å². The van der Waals surface area contributed by atoms with Gasteiger partial charge in [0.25, 0.3) is 0 Å². The average molecular weight is 155 g/mol. The van der Waals surface area contributed by atoms with Crippen molar-refractivity contribution in [2.24, 2.45) is 5.92 Å². The summed E-state index contributed by atoms with van der Waals surface area (Å²) in [6, 6.07) is 0.470. The van der Waals surface area contributed by atoms with Crippen molar-refractivity contribution in [1.29, 1.82) is 0 Å². The molecule has 0 saturated heterocycles. The van der Waals surface area contributed by atoms with Crippen LogP contribution < -0.4 is 5.32 Å². The van der Waals surface area contributed by atoms with E-state index in [1.54, 1.807) is 6.92 Å². The minimum absolute atomic E-state index is 0.121. The summed E-state index contributed by atoms with van der Waals surface area (Å²) in [5.41, 5.74) is 0. The lowest BCUT2D eigenvalue weighted by molar-refractivity contribution is -0.119. The van der Waals surface area contributed by atoms with E-state index < -0.39 is 0 Å². The predicted octanol–water partition coefficient (Wildman–Crippen LogP) is 1.70. The van der Waals surface area contributed by atoms with Crippen LogP contribution in [0, 0.1) is 5.92 Å². The van der Waals surface area contributed by atoms with Crippen molar-refractivity contribution >= 4 is 5.91 Å². The van der Waals surface area contributed by atoms with E-state index in [1.807, 2.05) is 0 Å². The molecule has 0 aromatic rings. The van der Waals surface area contributed by atoms with Gasteiger partial charge in [0.05, 0.1) is 0 Å². The van der Waals surface area contributed by atoms with Gasteiger partial charge in [0, 0.05) is 13.0 Å². The Morgan fingerprint density at radius 2 is 2.27 bits per heavy atom. The molecule has 1 fully saturated rings. The summed E-state index contributed by atoms with van der Waals surface area (Å²) in [5.74, 6) is 0.856. The van der Waals surface area contributed by atoms with Crippen molar-refractivity contribution in [1.82, 2.24) is 5.32 Å². The van der Waals surface area contributed by atoms with Gasteiger partial charge in [-0.15, -0.1) is 0 Å². The molecule has 2 nitrogen and oxygen atoms in total. The molecule has 2 atom stereocenters. The Kier molecular flexibility index (Phi) is 2.92. The lowest BCUT2D eigenvalue weighted by Gasteiger charge is -2.18. The quantitative estimate of drug-likeness (QED) is 0.646. The van der Waals surface area contributed by atoms with Gasteiger partial charge < -0.3 is 5.32 Å². The van der Waals surface area contributed by atoms with Gasteiger partial charge in [0.15, 0.2) is 0 Å². The molecule has 0 aromatic heterocycles. The Labute approximate surface area is 68.4 Å². The van der Waals surface area contributed by atoms with Gasteiger partial charge >= 0.3 is 0 Å². The van der Waals surface area contributed by atoms with Gasteiger partial charge in [-0.05, 0) is 18.8 Å². The first-order chi connectivity index (χ1) is 5.24. The summed E-state index contributed by atoms with van der Waals surface area (Å²) in [7, 11) is 0. The van der Waals surface area contributed by atoms with E-state index in [2.05, 4.69) is 12.2 Å². The number of amides is 1. The zero-order valence-corrected chi connectivity index (χ0v) is 7.39. The summed E-state index contributed by atoms with van der Waals surface area (Å²) in [5, 5.41) is 3.00. The Morgan fingerprint density at radius 1 is 1.55 bits per heavy atom. The second-order valence-corrected chi connectivity index (χ2v) is 3.41. The second kappa shape index (κ2) is 3.74. The highest BCUT2D eigenvalue weighted by Gasteiger charge is 2.25. The molecule has 2 heteroatoms. The van der Waals surface area contributed by atoms with Gasteiger partial charge in [-0.2, -0.15) is 0 Å². The fourth-order valence-electron chi connectivity index (χ4n) is 1.98. The molecule has 1 N–H and O–H groups in total. The lowest BCUT2D eigenvalue weighted by atomic mass is 10.0. The summed E-state index contributed by atoms with van der Waals surface area (Å²) in [6.07, 6.45) is 4.95. The van der Waals surface area contributed by atoms with Gasteiger partial charge in [-0.1, -0.05) is 19.8 Å². The maximum Gasteiger partial charge on any atom is 0.217 e. The van der Waals surface area contributed by atoms with Crippen LogP contribution in [-0.2, 0) is 4.79 Å². The molecule has 0 aromatic carbocycles. The number of nitrogens with one attached hydrogen (secondary N) is 1. The third kappa shape index (κ3) is 2.21. The molecule has 0 spiro atoms. The third-order valence-electron chi connectivity index (χ3n) is 2.57. The SMILES string of the molecule is CCC1CCCC1NC(C)=O. The minimum Gasteiger partial charge on any atom is -0.353 e. The summed E-state index contributed by atoms with van der Waals surface area (Å²) in [4.78, 5) is 10.8. The molecular weight excluding hydrogens is 138 g/mol. The molecule has 0 heterocycles. The van der Waals surface area contributed by atoms with Crippen LogP contribution in [0.1, 0.15) is 39.5 Å². The highest BCUT2D eigenvalue weighted by Crippen LogP contribution is 2.27. The fourth-order valence-corrected chi connectivity index (χ4v) is 1.98. The maximum absolute atomic E-state index is 10.8. The third-order valence-corrected chi connectivity index (χ3v) is 2.57. The molecule has 0 bridgehead atoms. The number of carbonyl (C=O) groups excluding carboxylic acids is 1. The smallest absolute Gasteiger partial charge is 0.217 e. The molecule has 1 rings (SSSR count). The standard InChI is InChI=1S/C9H17NO/c1-3-8-5-4-6-9(8)10-7(2)11/h8-9H,3-6H2,1-2H3,(H,10,11). The molecule has 1 aliphatic rings. The zero-order chi connectivity index (χ0) is 8.27. The van der Waals surface area contributed by atoms with Crippen LogP contribution in [0.25, 0.3) is 0 Å². The average Bonchev–Trinajstić information content (AvgIpc) is 2.34. The molecule has 64 valence electrons. The van der Waals surface area contributed by atoms with Crippen molar-refractivity contribution in [2.45, 2.75) is 45.6 Å². The van der Waals surface area contributed by atoms with Gasteiger partial charge in [-0.25, -0.2) is 0 Å². The van der Waals surface area contributed by atoms with Crippen molar-refractivity contribution in [2.75, 3.05) is 0 Å². The molecule has 1 saturated carbocycles. The largest absolute Gasteiger partial charge is 0.353 e. The first-order valence-electron chi connectivity index (χ1n) is 4.51. The fraction of sp³-hybridized carbons (Fsp3) is 0.889. The van der Waals surface area contributed by atoms with Crippen LogP contribution in [0.5, 0.6) is 0 Å². The van der Waals surface area contributed by atoms with E-state index in [4.69, 9.17) is 0 Å². The molecule has 1 amide bonds. The maximum atomic E-state index is 10.8. The van der Waals surface area contributed by atoms with Gasteiger partial charge in [0.2, 0.25) is 5.91 Å². The van der Waals surface area contributed by atoms with Crippen LogP contribution in [0.3, 0.4) is 0 Å². The number of hydrogen-bond acceptors (Lipinski definition) is 1. The van der Waals surface area contributed by atoms with E-state index in [9.17, 15) is 4.79 Å². The number of rotatable bonds is 2. The van der Waals surface area contributed by atoms with E-state index in [0.717, 1.165) is 5.92 Å². The minimum atomic E-state index is 0.121. The highest BCUT2D eigenvalue weighted by atomic mass is 16.1. The summed E-state index contributed by atoms with van der Waals surface area (Å²) < 4.78 is 0. The van der Waals surface area contributed by atoms with E-state index in [1.165, 1.54) is 25.7 Å². The van der Waals surface area contributed by atoms with Crippen LogP contribution in [-0.4, -0.2) is 11.9 Å². The molecule has 1 aliphatic carbocycles. The van der Waals surface area contributed by atoms with Gasteiger partial charge in [-0.3, -0.25) is 4.79 Å². The molecule has 2 unspecified atom stereocenters. The van der Waals surface area contributed by atoms with Crippen LogP contribution in [0.2, 0.25) is 0 Å². The Morgan fingerprint density at radius 3 is 2.82 bits per heavy atom. The topological polar surface area (TPSA) is 29.1 Å². The normalized spacial score (nSPS) is 30.4. The number of hydrogen-bond donors (Lipinski definition) is 1.